The largest absolute Gasteiger partial charge is 0.485 e. The third-order valence-electron chi connectivity index (χ3n) is 3.59. The average molecular weight is 338 g/mol. The minimum atomic E-state index is -0.369. The molecule has 1 aromatic carbocycles. The molecule has 8 nitrogen and oxygen atoms in total. The molecule has 0 aliphatic carbocycles. The molecule has 0 N–H and O–H groups in total. The fraction of sp³-hybridized carbons (Fsp3) is 0.133. The summed E-state index contributed by atoms with van der Waals surface area (Å²) < 4.78 is 13.4. The Kier molecular flexibility index (Phi) is 2.92. The summed E-state index contributed by atoms with van der Waals surface area (Å²) in [6.07, 6.45) is 4.56. The number of para-hydroxylation sites is 2. The van der Waals surface area contributed by atoms with E-state index in [1.165, 1.54) is 11.3 Å². The topological polar surface area (TPSA) is 87.3 Å². The molecule has 118 valence electrons. The summed E-state index contributed by atoms with van der Waals surface area (Å²) in [6.45, 7) is 0.357. The lowest BCUT2D eigenvalue weighted by Crippen LogP contribution is -2.23. The summed E-state index contributed by atoms with van der Waals surface area (Å²) in [5, 5.41) is 13.7. The Hall–Kier alpha value is -3.07. The van der Waals surface area contributed by atoms with Crippen LogP contribution in [0.25, 0.3) is 15.7 Å². The highest BCUT2D eigenvalue weighted by atomic mass is 32.1. The van der Waals surface area contributed by atoms with E-state index in [-0.39, 0.29) is 6.10 Å². The number of fused-ring (bicyclic) bond motifs is 2. The van der Waals surface area contributed by atoms with E-state index in [0.717, 1.165) is 10.8 Å². The molecule has 5 rings (SSSR count). The molecule has 0 fully saturated rings. The second kappa shape index (κ2) is 5.24. The molecule has 1 atom stereocenters. The van der Waals surface area contributed by atoms with Gasteiger partial charge in [-0.25, -0.2) is 0 Å². The summed E-state index contributed by atoms with van der Waals surface area (Å²) in [7, 11) is 0. The third-order valence-corrected chi connectivity index (χ3v) is 4.52. The van der Waals surface area contributed by atoms with E-state index >= 15 is 0 Å². The van der Waals surface area contributed by atoms with Crippen molar-refractivity contribution in [2.45, 2.75) is 6.10 Å². The highest BCUT2D eigenvalue weighted by Gasteiger charge is 2.28. The Morgan fingerprint density at radius 2 is 2.04 bits per heavy atom. The van der Waals surface area contributed by atoms with Crippen LogP contribution in [-0.2, 0) is 0 Å². The predicted molar refractivity (Wildman–Crippen MR) is 85.0 cm³/mol. The number of aromatic nitrogens is 6. The van der Waals surface area contributed by atoms with Crippen molar-refractivity contribution in [1.82, 2.24) is 29.8 Å². The monoisotopic (exact) mass is 338 g/mol. The first-order valence-electron chi connectivity index (χ1n) is 7.25. The molecular formula is C15H10N6O2S. The maximum atomic E-state index is 5.99. The number of ether oxygens (including phenoxy) is 2. The van der Waals surface area contributed by atoms with Crippen LogP contribution < -0.4 is 9.47 Å². The van der Waals surface area contributed by atoms with Gasteiger partial charge in [0.1, 0.15) is 12.3 Å². The van der Waals surface area contributed by atoms with Gasteiger partial charge in [0.25, 0.3) is 0 Å². The lowest BCUT2D eigenvalue weighted by atomic mass is 10.2. The maximum Gasteiger partial charge on any atom is 0.235 e. The average Bonchev–Trinajstić information content (AvgIpc) is 3.23. The molecule has 0 bridgehead atoms. The molecule has 1 aliphatic heterocycles. The van der Waals surface area contributed by atoms with Crippen molar-refractivity contribution in [3.63, 3.8) is 0 Å². The van der Waals surface area contributed by atoms with Crippen LogP contribution in [0.3, 0.4) is 0 Å². The van der Waals surface area contributed by atoms with E-state index < -0.39 is 0 Å². The molecule has 24 heavy (non-hydrogen) atoms. The van der Waals surface area contributed by atoms with Crippen LogP contribution in [0.1, 0.15) is 11.9 Å². The fourth-order valence-electron chi connectivity index (χ4n) is 2.49. The molecule has 0 saturated carbocycles. The van der Waals surface area contributed by atoms with Gasteiger partial charge in [-0.2, -0.15) is 9.61 Å². The second-order valence-corrected chi connectivity index (χ2v) is 6.07. The standard InChI is InChI=1S/C15H10N6O2S/c1-2-4-11-10(3-1)22-8-12(23-11)13-18-19-15-21(13)20-14(24-15)9-7-16-5-6-17-9/h1-7,12H,8H2/t12-/m0/s1. The zero-order valence-electron chi connectivity index (χ0n) is 12.2. The van der Waals surface area contributed by atoms with Crippen LogP contribution in [0.2, 0.25) is 0 Å². The van der Waals surface area contributed by atoms with E-state index in [0.29, 0.717) is 28.8 Å². The van der Waals surface area contributed by atoms with Crippen LogP contribution in [0.15, 0.2) is 42.9 Å². The van der Waals surface area contributed by atoms with Crippen molar-refractivity contribution in [2.24, 2.45) is 0 Å². The Morgan fingerprint density at radius 1 is 1.12 bits per heavy atom. The molecule has 1 aliphatic rings. The van der Waals surface area contributed by atoms with Gasteiger partial charge in [0.05, 0.1) is 6.20 Å². The zero-order valence-corrected chi connectivity index (χ0v) is 13.1. The summed E-state index contributed by atoms with van der Waals surface area (Å²) in [4.78, 5) is 9.00. The van der Waals surface area contributed by atoms with Crippen LogP contribution >= 0.6 is 11.3 Å². The van der Waals surface area contributed by atoms with Gasteiger partial charge >= 0.3 is 0 Å². The maximum absolute atomic E-state index is 5.99. The normalized spacial score (nSPS) is 16.4. The first kappa shape index (κ1) is 13.4. The Labute approximate surface area is 139 Å². The van der Waals surface area contributed by atoms with E-state index in [9.17, 15) is 0 Å². The molecule has 0 radical (unpaired) electrons. The van der Waals surface area contributed by atoms with Crippen molar-refractivity contribution < 1.29 is 9.47 Å². The van der Waals surface area contributed by atoms with Gasteiger partial charge in [0.15, 0.2) is 28.4 Å². The predicted octanol–water partition coefficient (Wildman–Crippen LogP) is 2.16. The lowest BCUT2D eigenvalue weighted by Gasteiger charge is -2.24. The summed E-state index contributed by atoms with van der Waals surface area (Å²) in [5.41, 5.74) is 0.699. The van der Waals surface area contributed by atoms with Crippen LogP contribution in [-0.4, -0.2) is 36.4 Å². The first-order chi connectivity index (χ1) is 11.9. The SMILES string of the molecule is c1ccc2c(c1)OC[C@@H](c1nnc3sc(-c4cnccn4)nn13)O2. The van der Waals surface area contributed by atoms with Gasteiger partial charge in [-0.15, -0.1) is 10.2 Å². The van der Waals surface area contributed by atoms with Gasteiger partial charge in [0, 0.05) is 12.4 Å². The van der Waals surface area contributed by atoms with Gasteiger partial charge in [-0.3, -0.25) is 9.97 Å². The third kappa shape index (κ3) is 2.09. The molecule has 9 heteroatoms. The summed E-state index contributed by atoms with van der Waals surface area (Å²) in [6, 6.07) is 7.55. The Bertz CT molecular complexity index is 1020. The van der Waals surface area contributed by atoms with Crippen molar-refractivity contribution in [3.05, 3.63) is 48.7 Å². The molecule has 0 amide bonds. The van der Waals surface area contributed by atoms with E-state index in [2.05, 4.69) is 25.3 Å². The summed E-state index contributed by atoms with van der Waals surface area (Å²) >= 11 is 1.40. The molecule has 0 saturated heterocycles. The van der Waals surface area contributed by atoms with Crippen LogP contribution in [0, 0.1) is 0 Å². The molecule has 0 spiro atoms. The van der Waals surface area contributed by atoms with E-state index in [1.807, 2.05) is 24.3 Å². The molecule has 4 aromatic rings. The van der Waals surface area contributed by atoms with Crippen molar-refractivity contribution >= 4 is 16.3 Å². The van der Waals surface area contributed by atoms with Crippen LogP contribution in [0.5, 0.6) is 11.5 Å². The molecule has 0 unspecified atom stereocenters. The van der Waals surface area contributed by atoms with E-state index in [1.54, 1.807) is 23.1 Å². The quantitative estimate of drug-likeness (QED) is 0.553. The number of benzene rings is 1. The van der Waals surface area contributed by atoms with Gasteiger partial charge in [0.2, 0.25) is 4.96 Å². The number of hydrogen-bond acceptors (Lipinski definition) is 8. The van der Waals surface area contributed by atoms with Crippen molar-refractivity contribution in [3.8, 4) is 22.2 Å². The first-order valence-corrected chi connectivity index (χ1v) is 8.07. The van der Waals surface area contributed by atoms with E-state index in [4.69, 9.17) is 9.47 Å². The zero-order chi connectivity index (χ0) is 15.9. The molecular weight excluding hydrogens is 328 g/mol. The highest BCUT2D eigenvalue weighted by molar-refractivity contribution is 7.19. The minimum absolute atomic E-state index is 0.357. The second-order valence-electron chi connectivity index (χ2n) is 5.11. The smallest absolute Gasteiger partial charge is 0.235 e. The van der Waals surface area contributed by atoms with Crippen molar-refractivity contribution in [2.75, 3.05) is 6.61 Å². The number of rotatable bonds is 2. The number of nitrogens with zero attached hydrogens (tertiary/aromatic N) is 6. The van der Waals surface area contributed by atoms with Gasteiger partial charge in [-0.1, -0.05) is 23.5 Å². The fourth-order valence-corrected chi connectivity index (χ4v) is 3.30. The number of hydrogen-bond donors (Lipinski definition) is 0. The summed E-state index contributed by atoms with van der Waals surface area (Å²) in [5.74, 6) is 2.02. The molecule has 4 heterocycles. The Morgan fingerprint density at radius 3 is 2.92 bits per heavy atom. The highest BCUT2D eigenvalue weighted by Crippen LogP contribution is 2.36. The van der Waals surface area contributed by atoms with Gasteiger partial charge < -0.3 is 9.47 Å². The minimum Gasteiger partial charge on any atom is -0.485 e. The Balaban J connectivity index is 1.53. The van der Waals surface area contributed by atoms with Crippen molar-refractivity contribution in [1.29, 1.82) is 0 Å². The van der Waals surface area contributed by atoms with Gasteiger partial charge in [-0.05, 0) is 12.1 Å². The molecule has 3 aromatic heterocycles. The lowest BCUT2D eigenvalue weighted by molar-refractivity contribution is 0.0836. The van der Waals surface area contributed by atoms with Crippen LogP contribution in [0.4, 0.5) is 0 Å².